The largest absolute Gasteiger partial charge is 0.240 e. The molecule has 0 N–H and O–H groups in total. The van der Waals surface area contributed by atoms with Crippen LogP contribution in [-0.2, 0) is 5.75 Å². The van der Waals surface area contributed by atoms with Gasteiger partial charge in [0.15, 0.2) is 0 Å². The van der Waals surface area contributed by atoms with Crippen LogP contribution in [0.1, 0.15) is 25.8 Å². The molecule has 4 heteroatoms. The first kappa shape index (κ1) is 14.1. The molecular weight excluding hydrogens is 326 g/mol. The Morgan fingerprint density at radius 2 is 2.00 bits per heavy atom. The number of halogens is 1. The number of hydrogen-bond acceptors (Lipinski definition) is 3. The first-order chi connectivity index (χ1) is 8.46. The van der Waals surface area contributed by atoms with Crippen LogP contribution in [0.4, 0.5) is 0 Å². The zero-order valence-electron chi connectivity index (χ0n) is 10.7. The second-order valence-electron chi connectivity index (χ2n) is 5.01. The normalized spacial score (nSPS) is 11.8. The molecule has 0 saturated carbocycles. The molecule has 1 nitrogen and oxygen atoms in total. The van der Waals surface area contributed by atoms with E-state index in [1.165, 1.54) is 10.6 Å². The molecular formula is C14H16BrNS2. The molecule has 0 aliphatic carbocycles. The monoisotopic (exact) mass is 341 g/mol. The molecule has 1 aromatic heterocycles. The highest BCUT2D eigenvalue weighted by Crippen LogP contribution is 2.32. The summed E-state index contributed by atoms with van der Waals surface area (Å²) in [5.74, 6) is 0.985. The van der Waals surface area contributed by atoms with E-state index in [1.807, 2.05) is 23.9 Å². The van der Waals surface area contributed by atoms with Crippen molar-refractivity contribution in [3.63, 3.8) is 0 Å². The van der Waals surface area contributed by atoms with E-state index >= 15 is 0 Å². The van der Waals surface area contributed by atoms with Crippen LogP contribution in [-0.4, -0.2) is 9.73 Å². The van der Waals surface area contributed by atoms with Crippen molar-refractivity contribution in [1.82, 2.24) is 4.98 Å². The molecule has 0 aliphatic rings. The molecule has 0 bridgehead atoms. The Kier molecular flexibility index (Phi) is 4.51. The van der Waals surface area contributed by atoms with E-state index in [9.17, 15) is 0 Å². The second-order valence-corrected chi connectivity index (χ2v) is 8.61. The molecule has 0 radical (unpaired) electrons. The summed E-state index contributed by atoms with van der Waals surface area (Å²) >= 11 is 7.25. The Morgan fingerprint density at radius 3 is 2.67 bits per heavy atom. The number of hydrogen-bond donors (Lipinski definition) is 0. The minimum absolute atomic E-state index is 0.291. The highest BCUT2D eigenvalue weighted by molar-refractivity contribution is 9.10. The minimum Gasteiger partial charge on any atom is -0.240 e. The van der Waals surface area contributed by atoms with Gasteiger partial charge in [-0.3, -0.25) is 0 Å². The van der Waals surface area contributed by atoms with Gasteiger partial charge in [0.1, 0.15) is 5.01 Å². The van der Waals surface area contributed by atoms with Crippen LogP contribution in [0.3, 0.4) is 0 Å². The van der Waals surface area contributed by atoms with Gasteiger partial charge in [-0.25, -0.2) is 4.98 Å². The fraction of sp³-hybridized carbons (Fsp3) is 0.357. The van der Waals surface area contributed by atoms with Crippen molar-refractivity contribution in [2.45, 2.75) is 31.3 Å². The zero-order valence-corrected chi connectivity index (χ0v) is 14.0. The molecule has 0 spiro atoms. The molecule has 0 amide bonds. The standard InChI is InChI=1S/C14H16BrNS2/c1-14(2,3)18-9-13-16-12(8-17-13)10-6-4-5-7-11(10)15/h4-8H,9H2,1-3H3. The number of rotatable bonds is 3. The topological polar surface area (TPSA) is 12.9 Å². The molecule has 2 aromatic rings. The Bertz CT molecular complexity index is 529. The van der Waals surface area contributed by atoms with Gasteiger partial charge in [0.05, 0.1) is 5.69 Å². The van der Waals surface area contributed by atoms with Crippen LogP contribution < -0.4 is 0 Å². The number of thiazole rings is 1. The highest BCUT2D eigenvalue weighted by atomic mass is 79.9. The SMILES string of the molecule is CC(C)(C)SCc1nc(-c2ccccc2Br)cs1. The van der Waals surface area contributed by atoms with Gasteiger partial charge in [0.25, 0.3) is 0 Å². The van der Waals surface area contributed by atoms with Crippen LogP contribution >= 0.6 is 39.0 Å². The molecule has 0 aliphatic heterocycles. The van der Waals surface area contributed by atoms with Crippen LogP contribution in [0.15, 0.2) is 34.1 Å². The predicted molar refractivity (Wildman–Crippen MR) is 86.3 cm³/mol. The minimum atomic E-state index is 0.291. The molecule has 1 heterocycles. The average molecular weight is 342 g/mol. The summed E-state index contributed by atoms with van der Waals surface area (Å²) in [5.41, 5.74) is 2.23. The van der Waals surface area contributed by atoms with Gasteiger partial charge in [-0.15, -0.1) is 23.1 Å². The summed E-state index contributed by atoms with van der Waals surface area (Å²) in [7, 11) is 0. The molecule has 0 atom stereocenters. The maximum Gasteiger partial charge on any atom is 0.103 e. The van der Waals surface area contributed by atoms with E-state index < -0.39 is 0 Å². The molecule has 1 aromatic carbocycles. The molecule has 96 valence electrons. The van der Waals surface area contributed by atoms with Gasteiger partial charge in [-0.05, 0) is 6.07 Å². The average Bonchev–Trinajstić information content (AvgIpc) is 2.75. The van der Waals surface area contributed by atoms with Crippen molar-refractivity contribution in [3.8, 4) is 11.3 Å². The van der Waals surface area contributed by atoms with E-state index in [2.05, 4.69) is 54.2 Å². The van der Waals surface area contributed by atoms with Gasteiger partial charge in [0.2, 0.25) is 0 Å². The summed E-state index contributed by atoms with van der Waals surface area (Å²) in [6, 6.07) is 8.22. The fourth-order valence-corrected chi connectivity index (χ4v) is 3.58. The number of benzene rings is 1. The second kappa shape index (κ2) is 5.76. The number of thioether (sulfide) groups is 1. The first-order valence-corrected chi connectivity index (χ1v) is 8.45. The van der Waals surface area contributed by atoms with E-state index in [0.29, 0.717) is 4.75 Å². The van der Waals surface area contributed by atoms with Crippen LogP contribution in [0.2, 0.25) is 0 Å². The lowest BCUT2D eigenvalue weighted by atomic mass is 10.2. The maximum atomic E-state index is 4.71. The lowest BCUT2D eigenvalue weighted by Crippen LogP contribution is -2.07. The van der Waals surface area contributed by atoms with Crippen molar-refractivity contribution >= 4 is 39.0 Å². The highest BCUT2D eigenvalue weighted by Gasteiger charge is 2.13. The summed E-state index contributed by atoms with van der Waals surface area (Å²) in [4.78, 5) is 4.71. The van der Waals surface area contributed by atoms with Crippen LogP contribution in [0.5, 0.6) is 0 Å². The maximum absolute atomic E-state index is 4.71. The molecule has 0 fully saturated rings. The molecule has 0 saturated heterocycles. The number of nitrogens with zero attached hydrogens (tertiary/aromatic N) is 1. The van der Waals surface area contributed by atoms with Crippen LogP contribution in [0, 0.1) is 0 Å². The first-order valence-electron chi connectivity index (χ1n) is 5.79. The third kappa shape index (κ3) is 3.84. The Morgan fingerprint density at radius 1 is 1.28 bits per heavy atom. The summed E-state index contributed by atoms with van der Waals surface area (Å²) in [5, 5.41) is 3.33. The van der Waals surface area contributed by atoms with Gasteiger partial charge >= 0.3 is 0 Å². The Labute approximate surface area is 125 Å². The number of aromatic nitrogens is 1. The van der Waals surface area contributed by atoms with Crippen molar-refractivity contribution in [3.05, 3.63) is 39.1 Å². The van der Waals surface area contributed by atoms with E-state index in [0.717, 1.165) is 15.9 Å². The third-order valence-electron chi connectivity index (χ3n) is 2.33. The third-order valence-corrected chi connectivity index (χ3v) is 5.34. The summed E-state index contributed by atoms with van der Waals surface area (Å²) in [6.07, 6.45) is 0. The van der Waals surface area contributed by atoms with Crippen molar-refractivity contribution < 1.29 is 0 Å². The zero-order chi connectivity index (χ0) is 13.2. The Hall–Kier alpha value is -0.320. The lowest BCUT2D eigenvalue weighted by molar-refractivity contribution is 0.802. The van der Waals surface area contributed by atoms with Gasteiger partial charge in [-0.2, -0.15) is 0 Å². The Balaban J connectivity index is 2.14. The molecule has 2 rings (SSSR count). The van der Waals surface area contributed by atoms with E-state index in [4.69, 9.17) is 4.98 Å². The molecule has 18 heavy (non-hydrogen) atoms. The van der Waals surface area contributed by atoms with Crippen LogP contribution in [0.25, 0.3) is 11.3 Å². The van der Waals surface area contributed by atoms with Crippen molar-refractivity contribution in [2.24, 2.45) is 0 Å². The predicted octanol–water partition coefficient (Wildman–Crippen LogP) is 5.60. The quantitative estimate of drug-likeness (QED) is 0.720. The summed E-state index contributed by atoms with van der Waals surface area (Å²) < 4.78 is 1.39. The van der Waals surface area contributed by atoms with E-state index in [-0.39, 0.29) is 0 Å². The lowest BCUT2D eigenvalue weighted by Gasteiger charge is -2.16. The van der Waals surface area contributed by atoms with Gasteiger partial charge in [-0.1, -0.05) is 54.9 Å². The van der Waals surface area contributed by atoms with Gasteiger partial charge < -0.3 is 0 Å². The smallest absolute Gasteiger partial charge is 0.103 e. The van der Waals surface area contributed by atoms with Gasteiger partial charge in [0, 0.05) is 25.9 Å². The van der Waals surface area contributed by atoms with E-state index in [1.54, 1.807) is 11.3 Å². The van der Waals surface area contributed by atoms with Crippen molar-refractivity contribution in [1.29, 1.82) is 0 Å². The van der Waals surface area contributed by atoms with Crippen molar-refractivity contribution in [2.75, 3.05) is 0 Å². The summed E-state index contributed by atoms with van der Waals surface area (Å²) in [6.45, 7) is 6.71. The fourth-order valence-electron chi connectivity index (χ4n) is 1.45. The molecule has 0 unspecified atom stereocenters.